The van der Waals surface area contributed by atoms with Gasteiger partial charge in [0, 0.05) is 11.8 Å². The Morgan fingerprint density at radius 2 is 1.96 bits per heavy atom. The molecular formula is C16H15Br2N3O3. The first-order valence-electron chi connectivity index (χ1n) is 6.86. The first-order valence-corrected chi connectivity index (χ1v) is 8.44. The molecule has 8 heteroatoms. The van der Waals surface area contributed by atoms with Gasteiger partial charge in [-0.05, 0) is 56.5 Å². The number of hydrogen-bond acceptors (Lipinski definition) is 5. The van der Waals surface area contributed by atoms with Crippen LogP contribution in [0.3, 0.4) is 0 Å². The SMILES string of the molecule is Cc1ccccc1N(N)C(=O)CN=Cc1cc(Br)c(O)c(Br)c1O. The van der Waals surface area contributed by atoms with Gasteiger partial charge in [0.15, 0.2) is 0 Å². The molecule has 0 spiro atoms. The van der Waals surface area contributed by atoms with Crippen molar-refractivity contribution in [3.63, 3.8) is 0 Å². The standard InChI is InChI=1S/C16H15Br2N3O3/c1-9-4-2-3-5-12(9)21(19)13(22)8-20-7-10-6-11(17)16(24)14(18)15(10)23/h2-7,23-24H,8,19H2,1H3. The summed E-state index contributed by atoms with van der Waals surface area (Å²) < 4.78 is 0.533. The van der Waals surface area contributed by atoms with Gasteiger partial charge < -0.3 is 10.2 Å². The van der Waals surface area contributed by atoms with Gasteiger partial charge in [-0.15, -0.1) is 0 Å². The minimum absolute atomic E-state index is 0.117. The van der Waals surface area contributed by atoms with Crippen molar-refractivity contribution >= 4 is 49.7 Å². The number of nitrogens with zero attached hydrogens (tertiary/aromatic N) is 2. The second-order valence-electron chi connectivity index (χ2n) is 4.98. The molecule has 0 saturated carbocycles. The highest BCUT2D eigenvalue weighted by molar-refractivity contribution is 9.11. The number of aromatic hydroxyl groups is 2. The van der Waals surface area contributed by atoms with E-state index < -0.39 is 5.91 Å². The number of para-hydroxylation sites is 1. The third-order valence-corrected chi connectivity index (χ3v) is 4.65. The van der Waals surface area contributed by atoms with Gasteiger partial charge in [-0.25, -0.2) is 10.9 Å². The molecule has 0 atom stereocenters. The largest absolute Gasteiger partial charge is 0.506 e. The van der Waals surface area contributed by atoms with Crippen LogP contribution in [0.4, 0.5) is 5.69 Å². The second kappa shape index (κ2) is 7.78. The Morgan fingerprint density at radius 1 is 1.29 bits per heavy atom. The predicted molar refractivity (Wildman–Crippen MR) is 100 cm³/mol. The van der Waals surface area contributed by atoms with Crippen LogP contribution in [0.1, 0.15) is 11.1 Å². The maximum atomic E-state index is 12.1. The number of anilines is 1. The summed E-state index contributed by atoms with van der Waals surface area (Å²) in [6.07, 6.45) is 1.34. The van der Waals surface area contributed by atoms with E-state index in [0.717, 1.165) is 10.6 Å². The van der Waals surface area contributed by atoms with Crippen molar-refractivity contribution in [2.24, 2.45) is 10.8 Å². The highest BCUT2D eigenvalue weighted by Gasteiger charge is 2.14. The highest BCUT2D eigenvalue weighted by atomic mass is 79.9. The smallest absolute Gasteiger partial charge is 0.262 e. The number of nitrogens with two attached hydrogens (primary N) is 1. The van der Waals surface area contributed by atoms with Crippen LogP contribution in [0.15, 0.2) is 44.3 Å². The predicted octanol–water partition coefficient (Wildman–Crippen LogP) is 3.26. The minimum Gasteiger partial charge on any atom is -0.506 e. The zero-order valence-electron chi connectivity index (χ0n) is 12.7. The lowest BCUT2D eigenvalue weighted by Crippen LogP contribution is -2.39. The molecule has 2 aromatic rings. The third-order valence-electron chi connectivity index (χ3n) is 3.30. The van der Waals surface area contributed by atoms with E-state index in [4.69, 9.17) is 5.84 Å². The van der Waals surface area contributed by atoms with Crippen molar-refractivity contribution in [3.8, 4) is 11.5 Å². The van der Waals surface area contributed by atoms with Crippen molar-refractivity contribution in [2.75, 3.05) is 11.6 Å². The topological polar surface area (TPSA) is 99.2 Å². The van der Waals surface area contributed by atoms with Gasteiger partial charge >= 0.3 is 0 Å². The molecule has 2 aromatic carbocycles. The fourth-order valence-corrected chi connectivity index (χ4v) is 3.14. The van der Waals surface area contributed by atoms with E-state index in [1.807, 2.05) is 19.1 Å². The van der Waals surface area contributed by atoms with Gasteiger partial charge in [-0.3, -0.25) is 9.79 Å². The fraction of sp³-hybridized carbons (Fsp3) is 0.125. The number of phenols is 2. The zero-order valence-corrected chi connectivity index (χ0v) is 15.9. The van der Waals surface area contributed by atoms with E-state index in [0.29, 0.717) is 15.7 Å². The molecule has 4 N–H and O–H groups in total. The lowest BCUT2D eigenvalue weighted by Gasteiger charge is -2.17. The second-order valence-corrected chi connectivity index (χ2v) is 6.63. The number of rotatable bonds is 4. The van der Waals surface area contributed by atoms with Crippen molar-refractivity contribution in [1.82, 2.24) is 0 Å². The van der Waals surface area contributed by atoms with Crippen LogP contribution >= 0.6 is 31.9 Å². The molecule has 0 radical (unpaired) electrons. The maximum Gasteiger partial charge on any atom is 0.262 e. The summed E-state index contributed by atoms with van der Waals surface area (Å²) >= 11 is 6.24. The van der Waals surface area contributed by atoms with Gasteiger partial charge in [0.25, 0.3) is 5.91 Å². The lowest BCUT2D eigenvalue weighted by atomic mass is 10.2. The molecule has 126 valence electrons. The molecule has 6 nitrogen and oxygen atoms in total. The number of benzene rings is 2. The number of hydrazine groups is 1. The minimum atomic E-state index is -0.392. The molecule has 2 rings (SSSR count). The number of halogens is 2. The summed E-state index contributed by atoms with van der Waals surface area (Å²) in [6.45, 7) is 1.68. The number of carbonyl (C=O) groups excluding carboxylic acids is 1. The quantitative estimate of drug-likeness (QED) is 0.284. The summed E-state index contributed by atoms with van der Waals surface area (Å²) in [5.74, 6) is 5.15. The normalized spacial score (nSPS) is 11.0. The van der Waals surface area contributed by atoms with E-state index in [1.54, 1.807) is 12.1 Å². The monoisotopic (exact) mass is 455 g/mol. The van der Waals surface area contributed by atoms with Crippen molar-refractivity contribution in [1.29, 1.82) is 0 Å². The molecule has 1 amide bonds. The molecule has 0 saturated heterocycles. The van der Waals surface area contributed by atoms with Crippen molar-refractivity contribution < 1.29 is 15.0 Å². The summed E-state index contributed by atoms with van der Waals surface area (Å²) in [7, 11) is 0. The fourth-order valence-electron chi connectivity index (χ4n) is 1.98. The number of aliphatic imine (C=N–C) groups is 1. The van der Waals surface area contributed by atoms with Gasteiger partial charge in [-0.2, -0.15) is 0 Å². The molecule has 0 aliphatic heterocycles. The Bertz CT molecular complexity index is 809. The number of carbonyl (C=O) groups is 1. The lowest BCUT2D eigenvalue weighted by molar-refractivity contribution is -0.117. The zero-order chi connectivity index (χ0) is 17.9. The number of amides is 1. The Morgan fingerprint density at radius 3 is 2.62 bits per heavy atom. The van der Waals surface area contributed by atoms with Crippen LogP contribution in [-0.4, -0.2) is 28.9 Å². The van der Waals surface area contributed by atoms with E-state index in [-0.39, 0.29) is 22.5 Å². The van der Waals surface area contributed by atoms with Crippen LogP contribution in [0.25, 0.3) is 0 Å². The Balaban J connectivity index is 2.12. The summed E-state index contributed by atoms with van der Waals surface area (Å²) in [4.78, 5) is 16.1. The average molecular weight is 457 g/mol. The Labute approximate surface area is 155 Å². The van der Waals surface area contributed by atoms with Crippen molar-refractivity contribution in [3.05, 3.63) is 50.4 Å². The van der Waals surface area contributed by atoms with E-state index in [2.05, 4.69) is 36.9 Å². The van der Waals surface area contributed by atoms with E-state index in [9.17, 15) is 15.0 Å². The van der Waals surface area contributed by atoms with Crippen LogP contribution in [-0.2, 0) is 4.79 Å². The number of hydrogen-bond donors (Lipinski definition) is 3. The van der Waals surface area contributed by atoms with Crippen molar-refractivity contribution in [2.45, 2.75) is 6.92 Å². The molecule has 0 heterocycles. The van der Waals surface area contributed by atoms with Crippen LogP contribution < -0.4 is 10.9 Å². The molecule has 0 fully saturated rings. The molecule has 0 bridgehead atoms. The number of aryl methyl sites for hydroxylation is 1. The summed E-state index contributed by atoms with van der Waals surface area (Å²) in [5, 5.41) is 20.7. The Hall–Kier alpha value is -1.90. The van der Waals surface area contributed by atoms with Crippen LogP contribution in [0, 0.1) is 6.92 Å². The molecule has 0 aromatic heterocycles. The van der Waals surface area contributed by atoms with Crippen LogP contribution in [0.5, 0.6) is 11.5 Å². The van der Waals surface area contributed by atoms with Gasteiger partial charge in [0.2, 0.25) is 0 Å². The molecule has 24 heavy (non-hydrogen) atoms. The van der Waals surface area contributed by atoms with Gasteiger partial charge in [0.05, 0.1) is 10.2 Å². The summed E-state index contributed by atoms with van der Waals surface area (Å²) in [6, 6.07) is 8.75. The summed E-state index contributed by atoms with van der Waals surface area (Å²) in [5.41, 5.74) is 1.83. The molecule has 0 aliphatic carbocycles. The van der Waals surface area contributed by atoms with Crippen LogP contribution in [0.2, 0.25) is 0 Å². The average Bonchev–Trinajstić information content (AvgIpc) is 2.57. The van der Waals surface area contributed by atoms with Gasteiger partial charge in [-0.1, -0.05) is 18.2 Å². The Kier molecular flexibility index (Phi) is 5.98. The molecule has 0 aliphatic rings. The van der Waals surface area contributed by atoms with E-state index in [1.165, 1.54) is 12.3 Å². The first-order chi connectivity index (χ1) is 11.3. The third kappa shape index (κ3) is 3.95. The number of phenolic OH excluding ortho intramolecular Hbond substituents is 2. The molecule has 0 unspecified atom stereocenters. The first kappa shape index (κ1) is 18.4. The van der Waals surface area contributed by atoms with Gasteiger partial charge in [0.1, 0.15) is 22.5 Å². The molecular weight excluding hydrogens is 442 g/mol. The maximum absolute atomic E-state index is 12.1. The van der Waals surface area contributed by atoms with E-state index >= 15 is 0 Å². The highest BCUT2D eigenvalue weighted by Crippen LogP contribution is 2.40.